The van der Waals surface area contributed by atoms with E-state index in [9.17, 15) is 14.0 Å². The third-order valence-corrected chi connectivity index (χ3v) is 4.30. The van der Waals surface area contributed by atoms with Gasteiger partial charge in [-0.1, -0.05) is 0 Å². The van der Waals surface area contributed by atoms with Gasteiger partial charge in [0.1, 0.15) is 5.82 Å². The number of anilines is 1. The minimum Gasteiger partial charge on any atom is -0.465 e. The van der Waals surface area contributed by atoms with Crippen molar-refractivity contribution in [3.05, 3.63) is 29.6 Å². The zero-order valence-electron chi connectivity index (χ0n) is 14.3. The number of ether oxygens (including phenoxy) is 1. The molecule has 0 unspecified atom stereocenters. The van der Waals surface area contributed by atoms with Crippen molar-refractivity contribution in [2.75, 3.05) is 46.2 Å². The molecule has 0 aliphatic carbocycles. The smallest absolute Gasteiger partial charge is 0.337 e. The van der Waals surface area contributed by atoms with E-state index < -0.39 is 17.2 Å². The summed E-state index contributed by atoms with van der Waals surface area (Å²) >= 11 is 0. The van der Waals surface area contributed by atoms with Crippen molar-refractivity contribution in [3.8, 4) is 0 Å². The second-order valence-corrected chi connectivity index (χ2v) is 6.41. The van der Waals surface area contributed by atoms with Gasteiger partial charge in [-0.15, -0.1) is 0 Å². The summed E-state index contributed by atoms with van der Waals surface area (Å²) < 4.78 is 18.7. The van der Waals surface area contributed by atoms with Crippen LogP contribution in [0.2, 0.25) is 0 Å². The lowest BCUT2D eigenvalue weighted by molar-refractivity contribution is -0.128. The molecule has 2 rings (SSSR count). The van der Waals surface area contributed by atoms with Crippen LogP contribution in [-0.4, -0.2) is 57.6 Å². The van der Waals surface area contributed by atoms with Gasteiger partial charge in [-0.05, 0) is 58.2 Å². The summed E-state index contributed by atoms with van der Waals surface area (Å²) in [5, 5.41) is 5.91. The van der Waals surface area contributed by atoms with Crippen molar-refractivity contribution in [2.24, 2.45) is 5.41 Å². The van der Waals surface area contributed by atoms with Crippen LogP contribution in [0.1, 0.15) is 23.2 Å². The summed E-state index contributed by atoms with van der Waals surface area (Å²) in [4.78, 5) is 26.4. The first kappa shape index (κ1) is 18.4. The molecule has 0 aromatic heterocycles. The molecule has 0 atom stereocenters. The Morgan fingerprint density at radius 3 is 2.58 bits per heavy atom. The topological polar surface area (TPSA) is 70.7 Å². The van der Waals surface area contributed by atoms with E-state index in [1.54, 1.807) is 0 Å². The number of carbonyl (C=O) groups is 2. The maximum absolute atomic E-state index is 14.1. The van der Waals surface area contributed by atoms with Crippen LogP contribution in [0.4, 0.5) is 10.1 Å². The zero-order valence-corrected chi connectivity index (χ0v) is 14.3. The fraction of sp³-hybridized carbons (Fsp3) is 0.529. The highest BCUT2D eigenvalue weighted by Gasteiger charge is 2.40. The van der Waals surface area contributed by atoms with Crippen molar-refractivity contribution in [3.63, 3.8) is 0 Å². The summed E-state index contributed by atoms with van der Waals surface area (Å²) in [5.41, 5.74) is -0.386. The van der Waals surface area contributed by atoms with Crippen molar-refractivity contribution < 1.29 is 18.7 Å². The van der Waals surface area contributed by atoms with Crippen LogP contribution in [0.3, 0.4) is 0 Å². The number of nitrogens with zero attached hydrogens (tertiary/aromatic N) is 1. The molecular weight excluding hydrogens is 313 g/mol. The summed E-state index contributed by atoms with van der Waals surface area (Å²) in [5.74, 6) is -1.38. The molecule has 1 aliphatic heterocycles. The van der Waals surface area contributed by atoms with Crippen LogP contribution in [-0.2, 0) is 9.53 Å². The molecule has 1 amide bonds. The molecule has 2 N–H and O–H groups in total. The van der Waals surface area contributed by atoms with E-state index in [1.165, 1.54) is 19.2 Å². The molecule has 1 aromatic carbocycles. The van der Waals surface area contributed by atoms with Gasteiger partial charge in [0.15, 0.2) is 0 Å². The number of benzene rings is 1. The van der Waals surface area contributed by atoms with E-state index in [4.69, 9.17) is 0 Å². The molecule has 1 saturated heterocycles. The standard InChI is InChI=1S/C17H24FN3O3/c1-21(2)11-17(6-8-19-9-7-17)16(23)20-14-10-12(15(22)24-3)4-5-13(14)18/h4-5,10,19H,6-9,11H2,1-3H3,(H,20,23). The van der Waals surface area contributed by atoms with Crippen molar-refractivity contribution in [1.82, 2.24) is 10.2 Å². The van der Waals surface area contributed by atoms with Crippen molar-refractivity contribution in [2.45, 2.75) is 12.8 Å². The number of hydrogen-bond donors (Lipinski definition) is 2. The van der Waals surface area contributed by atoms with Crippen molar-refractivity contribution in [1.29, 1.82) is 0 Å². The minimum absolute atomic E-state index is 0.000404. The lowest BCUT2D eigenvalue weighted by atomic mass is 9.77. The second kappa shape index (κ2) is 7.72. The maximum atomic E-state index is 14.1. The number of carbonyl (C=O) groups excluding carboxylic acids is 2. The number of halogens is 1. The van der Waals surface area contributed by atoms with E-state index in [0.717, 1.165) is 19.2 Å². The number of methoxy groups -OCH3 is 1. The third-order valence-electron chi connectivity index (χ3n) is 4.30. The Labute approximate surface area is 141 Å². The predicted molar refractivity (Wildman–Crippen MR) is 89.5 cm³/mol. The van der Waals surface area contributed by atoms with Gasteiger partial charge in [-0.2, -0.15) is 0 Å². The third kappa shape index (κ3) is 4.10. The maximum Gasteiger partial charge on any atom is 0.337 e. The minimum atomic E-state index is -0.581. The summed E-state index contributed by atoms with van der Waals surface area (Å²) in [6.45, 7) is 2.07. The molecule has 1 fully saturated rings. The van der Waals surface area contributed by atoms with Crippen LogP contribution in [0, 0.1) is 11.2 Å². The van der Waals surface area contributed by atoms with Crippen molar-refractivity contribution >= 4 is 17.6 Å². The van der Waals surface area contributed by atoms with E-state index in [1.807, 2.05) is 19.0 Å². The summed E-state index contributed by atoms with van der Waals surface area (Å²) in [7, 11) is 5.08. The number of rotatable bonds is 5. The van der Waals surface area contributed by atoms with Gasteiger partial charge in [0.25, 0.3) is 0 Å². The Balaban J connectivity index is 2.24. The molecule has 0 bridgehead atoms. The van der Waals surface area contributed by atoms with Crippen LogP contribution in [0.5, 0.6) is 0 Å². The summed E-state index contributed by atoms with van der Waals surface area (Å²) in [6.07, 6.45) is 1.35. The van der Waals surface area contributed by atoms with E-state index in [-0.39, 0.29) is 17.2 Å². The molecule has 1 aromatic rings. The molecule has 1 heterocycles. The predicted octanol–water partition coefficient (Wildman–Crippen LogP) is 1.48. The largest absolute Gasteiger partial charge is 0.465 e. The summed E-state index contributed by atoms with van der Waals surface area (Å²) in [6, 6.07) is 3.79. The number of piperidine rings is 1. The Morgan fingerprint density at radius 1 is 1.33 bits per heavy atom. The lowest BCUT2D eigenvalue weighted by Gasteiger charge is -2.38. The van der Waals surface area contributed by atoms with E-state index >= 15 is 0 Å². The number of amides is 1. The first-order chi connectivity index (χ1) is 11.4. The molecule has 0 spiro atoms. The molecule has 7 heteroatoms. The molecule has 132 valence electrons. The highest BCUT2D eigenvalue weighted by Crippen LogP contribution is 2.32. The van der Waals surface area contributed by atoms with Gasteiger partial charge in [-0.3, -0.25) is 4.79 Å². The highest BCUT2D eigenvalue weighted by molar-refractivity contribution is 5.97. The molecule has 1 aliphatic rings. The normalized spacial score (nSPS) is 16.7. The fourth-order valence-corrected chi connectivity index (χ4v) is 3.09. The molecular formula is C17H24FN3O3. The monoisotopic (exact) mass is 337 g/mol. The average Bonchev–Trinajstić information content (AvgIpc) is 2.56. The molecule has 24 heavy (non-hydrogen) atoms. The Hall–Kier alpha value is -1.99. The van der Waals surface area contributed by atoms with Crippen LogP contribution in [0.25, 0.3) is 0 Å². The highest BCUT2D eigenvalue weighted by atomic mass is 19.1. The van der Waals surface area contributed by atoms with Gasteiger partial charge >= 0.3 is 5.97 Å². The van der Waals surface area contributed by atoms with Gasteiger partial charge in [0, 0.05) is 6.54 Å². The van der Waals surface area contributed by atoms with Crippen LogP contribution < -0.4 is 10.6 Å². The molecule has 6 nitrogen and oxygen atoms in total. The number of hydrogen-bond acceptors (Lipinski definition) is 5. The van der Waals surface area contributed by atoms with Gasteiger partial charge in [-0.25, -0.2) is 9.18 Å². The lowest BCUT2D eigenvalue weighted by Crippen LogP contribution is -2.50. The zero-order chi connectivity index (χ0) is 17.7. The van der Waals surface area contributed by atoms with Gasteiger partial charge in [0.2, 0.25) is 5.91 Å². The van der Waals surface area contributed by atoms with E-state index in [0.29, 0.717) is 19.4 Å². The Morgan fingerprint density at radius 2 is 2.00 bits per heavy atom. The molecule has 0 saturated carbocycles. The fourth-order valence-electron chi connectivity index (χ4n) is 3.09. The second-order valence-electron chi connectivity index (χ2n) is 6.41. The average molecular weight is 337 g/mol. The van der Waals surface area contributed by atoms with Crippen LogP contribution in [0.15, 0.2) is 18.2 Å². The first-order valence-electron chi connectivity index (χ1n) is 7.93. The van der Waals surface area contributed by atoms with Gasteiger partial charge in [0.05, 0.1) is 23.8 Å². The molecule has 0 radical (unpaired) electrons. The first-order valence-corrected chi connectivity index (χ1v) is 7.93. The van der Waals surface area contributed by atoms with Crippen LogP contribution >= 0.6 is 0 Å². The number of nitrogens with one attached hydrogen (secondary N) is 2. The number of esters is 1. The quantitative estimate of drug-likeness (QED) is 0.797. The SMILES string of the molecule is COC(=O)c1ccc(F)c(NC(=O)C2(CN(C)C)CCNCC2)c1. The van der Waals surface area contributed by atoms with Gasteiger partial charge < -0.3 is 20.3 Å². The van der Waals surface area contributed by atoms with E-state index in [2.05, 4.69) is 15.4 Å². The Kier molecular flexibility index (Phi) is 5.90. The Bertz CT molecular complexity index is 613.